The maximum atomic E-state index is 5.74. The summed E-state index contributed by atoms with van der Waals surface area (Å²) in [5, 5.41) is 0. The Morgan fingerprint density at radius 1 is 1.36 bits per heavy atom. The van der Waals surface area contributed by atoms with E-state index in [4.69, 9.17) is 4.42 Å². The molecule has 0 fully saturated rings. The molecule has 1 aromatic heterocycles. The fourth-order valence-electron chi connectivity index (χ4n) is 2.30. The minimum Gasteiger partial charge on any atom is -0.466 e. The largest absolute Gasteiger partial charge is 0.466 e. The summed E-state index contributed by atoms with van der Waals surface area (Å²) >= 11 is 0. The fraction of sp³-hybridized carbons (Fsp3) is 0.619. The van der Waals surface area contributed by atoms with Gasteiger partial charge in [0.15, 0.2) is 0 Å². The Morgan fingerprint density at radius 2 is 1.91 bits per heavy atom. The highest BCUT2D eigenvalue weighted by Crippen LogP contribution is 2.18. The van der Waals surface area contributed by atoms with Crippen molar-refractivity contribution in [3.63, 3.8) is 0 Å². The van der Waals surface area contributed by atoms with Crippen LogP contribution in [0, 0.1) is 25.2 Å². The van der Waals surface area contributed by atoms with Crippen LogP contribution < -0.4 is 0 Å². The number of hydrogen-bond donors (Lipinski definition) is 0. The summed E-state index contributed by atoms with van der Waals surface area (Å²) < 4.78 is 5.74. The Kier molecular flexibility index (Phi) is 15.1. The molecule has 0 amide bonds. The van der Waals surface area contributed by atoms with Crippen LogP contribution in [0.2, 0.25) is 0 Å². The van der Waals surface area contributed by atoms with Crippen molar-refractivity contribution in [3.8, 4) is 12.3 Å². The lowest BCUT2D eigenvalue weighted by Crippen LogP contribution is -1.90. The van der Waals surface area contributed by atoms with Gasteiger partial charge >= 0.3 is 0 Å². The minimum atomic E-state index is 0.753. The van der Waals surface area contributed by atoms with Crippen molar-refractivity contribution in [2.45, 2.75) is 81.1 Å². The number of rotatable bonds is 6. The number of aryl methyl sites for hydroxylation is 3. The zero-order valence-corrected chi connectivity index (χ0v) is 16.0. The summed E-state index contributed by atoms with van der Waals surface area (Å²) in [6, 6.07) is 2.17. The molecule has 1 heteroatoms. The highest BCUT2D eigenvalue weighted by atomic mass is 16.3. The molecule has 0 radical (unpaired) electrons. The molecule has 1 heterocycles. The van der Waals surface area contributed by atoms with E-state index >= 15 is 0 Å². The first-order valence-corrected chi connectivity index (χ1v) is 8.55. The molecule has 0 aliphatic carbocycles. The SMILES string of the molecule is C#CC.CC.CCc1cc(C)oc1CC/C=C(\C)CC(C)C. The quantitative estimate of drug-likeness (QED) is 0.419. The second kappa shape index (κ2) is 14.5. The van der Waals surface area contributed by atoms with Crippen molar-refractivity contribution < 1.29 is 4.42 Å². The van der Waals surface area contributed by atoms with E-state index < -0.39 is 0 Å². The molecule has 0 aromatic carbocycles. The summed E-state index contributed by atoms with van der Waals surface area (Å²) in [6.07, 6.45) is 11.4. The molecule has 0 aliphatic heterocycles. The van der Waals surface area contributed by atoms with Gasteiger partial charge in [0, 0.05) is 6.42 Å². The lowest BCUT2D eigenvalue weighted by molar-refractivity contribution is 0.480. The third-order valence-electron chi connectivity index (χ3n) is 3.00. The first-order valence-electron chi connectivity index (χ1n) is 8.55. The van der Waals surface area contributed by atoms with E-state index in [1.165, 1.54) is 23.3 Å². The first-order chi connectivity index (χ1) is 10.4. The minimum absolute atomic E-state index is 0.753. The smallest absolute Gasteiger partial charge is 0.107 e. The summed E-state index contributed by atoms with van der Waals surface area (Å²) in [5.74, 6) is 5.22. The highest BCUT2D eigenvalue weighted by Gasteiger charge is 2.06. The normalized spacial score (nSPS) is 10.3. The zero-order chi connectivity index (χ0) is 17.5. The highest BCUT2D eigenvalue weighted by molar-refractivity contribution is 5.21. The molecule has 0 bridgehead atoms. The molecule has 1 nitrogen and oxygen atoms in total. The van der Waals surface area contributed by atoms with Gasteiger partial charge in [0.2, 0.25) is 0 Å². The molecular formula is C21H36O. The summed E-state index contributed by atoms with van der Waals surface area (Å²) in [5.41, 5.74) is 2.87. The van der Waals surface area contributed by atoms with Gasteiger partial charge in [0.25, 0.3) is 0 Å². The second-order valence-corrected chi connectivity index (χ2v) is 5.63. The fourth-order valence-corrected chi connectivity index (χ4v) is 2.30. The Hall–Kier alpha value is -1.42. The topological polar surface area (TPSA) is 13.1 Å². The van der Waals surface area contributed by atoms with E-state index in [2.05, 4.69) is 52.2 Å². The lowest BCUT2D eigenvalue weighted by Gasteiger charge is -2.04. The number of furan rings is 1. The number of terminal acetylenes is 1. The summed E-state index contributed by atoms with van der Waals surface area (Å²) in [6.45, 7) is 16.6. The van der Waals surface area contributed by atoms with Crippen molar-refractivity contribution in [2.75, 3.05) is 0 Å². The van der Waals surface area contributed by atoms with Crippen LogP contribution in [0.3, 0.4) is 0 Å². The molecule has 0 aliphatic rings. The lowest BCUT2D eigenvalue weighted by atomic mass is 10.0. The third-order valence-corrected chi connectivity index (χ3v) is 3.00. The summed E-state index contributed by atoms with van der Waals surface area (Å²) in [7, 11) is 0. The molecular weight excluding hydrogens is 268 g/mol. The van der Waals surface area contributed by atoms with E-state index in [9.17, 15) is 0 Å². The zero-order valence-electron chi connectivity index (χ0n) is 16.0. The second-order valence-electron chi connectivity index (χ2n) is 5.63. The van der Waals surface area contributed by atoms with Crippen LogP contribution >= 0.6 is 0 Å². The van der Waals surface area contributed by atoms with Crippen LogP contribution in [0.15, 0.2) is 22.1 Å². The van der Waals surface area contributed by atoms with Crippen molar-refractivity contribution in [1.29, 1.82) is 0 Å². The van der Waals surface area contributed by atoms with Gasteiger partial charge in [-0.05, 0) is 57.6 Å². The van der Waals surface area contributed by atoms with Crippen molar-refractivity contribution >= 4 is 0 Å². The Balaban J connectivity index is 0. The van der Waals surface area contributed by atoms with Gasteiger partial charge in [-0.3, -0.25) is 0 Å². The van der Waals surface area contributed by atoms with Gasteiger partial charge in [-0.1, -0.05) is 46.3 Å². The van der Waals surface area contributed by atoms with E-state index in [0.29, 0.717) is 0 Å². The van der Waals surface area contributed by atoms with Crippen molar-refractivity contribution in [2.24, 2.45) is 5.92 Å². The number of hydrogen-bond acceptors (Lipinski definition) is 1. The van der Waals surface area contributed by atoms with Gasteiger partial charge in [0.05, 0.1) is 0 Å². The van der Waals surface area contributed by atoms with Gasteiger partial charge in [-0.15, -0.1) is 12.3 Å². The molecule has 126 valence electrons. The predicted molar refractivity (Wildman–Crippen MR) is 100 cm³/mol. The molecule has 0 saturated carbocycles. The van der Waals surface area contributed by atoms with E-state index in [1.807, 2.05) is 20.8 Å². The van der Waals surface area contributed by atoms with Crippen molar-refractivity contribution in [1.82, 2.24) is 0 Å². The first kappa shape index (κ1) is 22.9. The molecule has 0 N–H and O–H groups in total. The molecule has 1 aromatic rings. The Morgan fingerprint density at radius 3 is 2.36 bits per heavy atom. The van der Waals surface area contributed by atoms with Crippen LogP contribution in [0.4, 0.5) is 0 Å². The molecule has 22 heavy (non-hydrogen) atoms. The van der Waals surface area contributed by atoms with E-state index in [1.54, 1.807) is 6.92 Å². The number of allylic oxidation sites excluding steroid dienone is 2. The third kappa shape index (κ3) is 11.3. The van der Waals surface area contributed by atoms with Crippen LogP contribution in [0.5, 0.6) is 0 Å². The van der Waals surface area contributed by atoms with Gasteiger partial charge in [-0.2, -0.15) is 0 Å². The predicted octanol–water partition coefficient (Wildman–Crippen LogP) is 6.74. The average molecular weight is 305 g/mol. The van der Waals surface area contributed by atoms with Gasteiger partial charge < -0.3 is 4.42 Å². The molecule has 0 spiro atoms. The van der Waals surface area contributed by atoms with Crippen LogP contribution in [-0.4, -0.2) is 0 Å². The summed E-state index contributed by atoms with van der Waals surface area (Å²) in [4.78, 5) is 0. The van der Waals surface area contributed by atoms with E-state index in [0.717, 1.165) is 30.9 Å². The monoisotopic (exact) mass is 304 g/mol. The van der Waals surface area contributed by atoms with Gasteiger partial charge in [-0.25, -0.2) is 0 Å². The van der Waals surface area contributed by atoms with Crippen LogP contribution in [0.1, 0.15) is 78.4 Å². The molecule has 1 rings (SSSR count). The average Bonchev–Trinajstić information content (AvgIpc) is 2.81. The van der Waals surface area contributed by atoms with Crippen molar-refractivity contribution in [3.05, 3.63) is 34.8 Å². The Labute approximate surface area is 139 Å². The molecule has 0 saturated heterocycles. The molecule has 0 atom stereocenters. The standard InChI is InChI=1S/C16H26O.C3H4.C2H6/c1-6-15-11-14(5)17-16(15)9-7-8-13(4)10-12(2)3;1-3-2;1-2/h8,11-12H,6-7,9-10H2,1-5H3;1H,2H3;1-2H3/b13-8+;;. The van der Waals surface area contributed by atoms with Gasteiger partial charge in [0.1, 0.15) is 11.5 Å². The Bertz CT molecular complexity index is 441. The maximum absolute atomic E-state index is 5.74. The van der Waals surface area contributed by atoms with Crippen LogP contribution in [0.25, 0.3) is 0 Å². The van der Waals surface area contributed by atoms with E-state index in [-0.39, 0.29) is 0 Å². The van der Waals surface area contributed by atoms with Crippen LogP contribution in [-0.2, 0) is 12.8 Å². The maximum Gasteiger partial charge on any atom is 0.107 e. The molecule has 0 unspecified atom stereocenters.